The summed E-state index contributed by atoms with van der Waals surface area (Å²) >= 11 is 0. The highest BCUT2D eigenvalue weighted by atomic mass is 16.5. The van der Waals surface area contributed by atoms with Crippen molar-refractivity contribution in [3.05, 3.63) is 243 Å². The molecular formula is C85H98O16. The highest BCUT2D eigenvalue weighted by Gasteiger charge is 2.29. The highest BCUT2D eigenvalue weighted by molar-refractivity contribution is 5.85. The van der Waals surface area contributed by atoms with Crippen molar-refractivity contribution >= 4 is 24.9 Å². The van der Waals surface area contributed by atoms with Gasteiger partial charge in [0.05, 0.1) is 23.8 Å². The van der Waals surface area contributed by atoms with Crippen LogP contribution in [0.1, 0.15) is 179 Å². The zero-order chi connectivity index (χ0) is 74.7. The first-order valence-corrected chi connectivity index (χ1v) is 33.6. The molecule has 534 valence electrons. The van der Waals surface area contributed by atoms with Crippen LogP contribution in [0.5, 0.6) is 74.7 Å². The number of methoxy groups -OCH3 is 1. The maximum atomic E-state index is 11.2. The van der Waals surface area contributed by atoms with E-state index in [4.69, 9.17) is 9.47 Å². The molecule has 0 saturated carbocycles. The van der Waals surface area contributed by atoms with E-state index in [0.717, 1.165) is 111 Å². The van der Waals surface area contributed by atoms with Crippen LogP contribution in [0.2, 0.25) is 0 Å². The normalized spacial score (nSPS) is 13.3. The molecule has 1 unspecified atom stereocenters. The van der Waals surface area contributed by atoms with Gasteiger partial charge in [-0.3, -0.25) is 14.4 Å². The smallest absolute Gasteiger partial charge is 0.168 e. The van der Waals surface area contributed by atoms with Crippen molar-refractivity contribution in [3.8, 4) is 74.7 Å². The number of fused-ring (bicyclic) bond motifs is 1. The Balaban J connectivity index is 0.000000212. The number of allylic oxidation sites excluding steroid dienone is 6. The number of aromatic hydroxyl groups is 11. The Bertz CT molecular complexity index is 4470. The third kappa shape index (κ3) is 20.9. The summed E-state index contributed by atoms with van der Waals surface area (Å²) in [6, 6.07) is 24.0. The molecule has 8 aromatic carbocycles. The fourth-order valence-corrected chi connectivity index (χ4v) is 12.5. The highest BCUT2D eigenvalue weighted by Crippen LogP contribution is 2.40. The Kier molecular flexibility index (Phi) is 28.0. The van der Waals surface area contributed by atoms with Gasteiger partial charge in [-0.2, -0.15) is 0 Å². The summed E-state index contributed by atoms with van der Waals surface area (Å²) < 4.78 is 11.6. The predicted molar refractivity (Wildman–Crippen MR) is 399 cm³/mol. The second-order valence-electron chi connectivity index (χ2n) is 26.4. The molecule has 0 spiro atoms. The van der Waals surface area contributed by atoms with Gasteiger partial charge in [0.2, 0.25) is 0 Å². The first kappa shape index (κ1) is 79.1. The van der Waals surface area contributed by atoms with Crippen LogP contribution >= 0.6 is 0 Å². The summed E-state index contributed by atoms with van der Waals surface area (Å²) in [5.41, 5.74) is 19.7. The molecule has 8 aromatic rings. The van der Waals surface area contributed by atoms with E-state index in [9.17, 15) is 70.6 Å². The number of ether oxygens (including phenoxy) is 2. The van der Waals surface area contributed by atoms with Crippen LogP contribution in [-0.4, -0.2) is 87.7 Å². The maximum absolute atomic E-state index is 11.2. The number of rotatable bonds is 22. The summed E-state index contributed by atoms with van der Waals surface area (Å²) in [5.74, 6) is 2.30. The Morgan fingerprint density at radius 2 is 0.792 bits per heavy atom. The number of aldehydes is 3. The van der Waals surface area contributed by atoms with Crippen molar-refractivity contribution < 1.29 is 80.0 Å². The molecule has 16 nitrogen and oxygen atoms in total. The van der Waals surface area contributed by atoms with E-state index in [2.05, 4.69) is 39.8 Å². The number of hydrogen-bond acceptors (Lipinski definition) is 16. The van der Waals surface area contributed by atoms with Crippen LogP contribution < -0.4 is 9.47 Å². The van der Waals surface area contributed by atoms with Gasteiger partial charge in [-0.15, -0.1) is 0 Å². The zero-order valence-corrected chi connectivity index (χ0v) is 60.5. The first-order valence-electron chi connectivity index (χ1n) is 33.6. The van der Waals surface area contributed by atoms with Gasteiger partial charge in [-0.1, -0.05) is 41.0 Å². The van der Waals surface area contributed by atoms with Crippen LogP contribution in [0.4, 0.5) is 0 Å². The molecule has 11 N–H and O–H groups in total. The lowest BCUT2D eigenvalue weighted by atomic mass is 9.88. The third-order valence-corrected chi connectivity index (χ3v) is 19.2. The van der Waals surface area contributed by atoms with Crippen molar-refractivity contribution in [1.82, 2.24) is 0 Å². The largest absolute Gasteiger partial charge is 0.508 e. The molecule has 0 radical (unpaired) electrons. The molecule has 101 heavy (non-hydrogen) atoms. The second-order valence-corrected chi connectivity index (χ2v) is 26.4. The van der Waals surface area contributed by atoms with Gasteiger partial charge in [-0.25, -0.2) is 0 Å². The standard InChI is InChI=1S/C22H28O3.C21H24O5.C21H22O4.C21H24O4/c1-14(6-8-18-13-19(23)9-11-21(18)24)7-10-20-15(2)12-22(25-5)17(4)16(20)3;1-12(4-6-15-10-16(23)7-9-19(15)24)5-8-17-13(2)18(11-22)21(26)20(25)14(17)3;1-13-10-19(24)18(12-22)14(2)17(13)7-9-21(3)8-6-15-11-16(23)4-5-20(15)25-21;1-13(4-6-16-11-17(23)7-9-20(16)24)5-8-18-14(2)10-21(25)19(12-22)15(18)3/h6,9,11-13,23-24H,7-8,10H2,1-5H3;4,7,9-11,23-26H,5-6,8H2,1-3H3;4-6,8,10-12,23-24H,7,9H2,1-3H3;4,7,9-12,23-25H,5-6,8H2,1-3H3/b14-6+;12-4+;;13-4+. The zero-order valence-electron chi connectivity index (χ0n) is 60.5. The van der Waals surface area contributed by atoms with E-state index >= 15 is 0 Å². The lowest BCUT2D eigenvalue weighted by molar-refractivity contribution is 0.111. The van der Waals surface area contributed by atoms with Crippen LogP contribution in [0.3, 0.4) is 0 Å². The molecule has 1 aliphatic rings. The van der Waals surface area contributed by atoms with E-state index < -0.39 is 5.60 Å². The fourth-order valence-electron chi connectivity index (χ4n) is 12.5. The molecule has 0 fully saturated rings. The summed E-state index contributed by atoms with van der Waals surface area (Å²) in [6.45, 7) is 25.6. The summed E-state index contributed by atoms with van der Waals surface area (Å²) in [5, 5.41) is 107. The van der Waals surface area contributed by atoms with E-state index in [1.165, 1.54) is 70.3 Å². The molecule has 1 heterocycles. The van der Waals surface area contributed by atoms with Crippen LogP contribution in [-0.2, 0) is 44.9 Å². The molecule has 0 aromatic heterocycles. The quantitative estimate of drug-likeness (QED) is 0.0130. The number of aryl methyl sites for hydroxylation is 3. The molecule has 0 bridgehead atoms. The summed E-state index contributed by atoms with van der Waals surface area (Å²) in [6.07, 6.45) is 20.0. The van der Waals surface area contributed by atoms with Crippen molar-refractivity contribution in [2.75, 3.05) is 7.11 Å². The minimum atomic E-state index is -0.470. The van der Waals surface area contributed by atoms with Gasteiger partial charge in [0.25, 0.3) is 0 Å². The Morgan fingerprint density at radius 1 is 0.416 bits per heavy atom. The van der Waals surface area contributed by atoms with E-state index in [0.29, 0.717) is 84.3 Å². The van der Waals surface area contributed by atoms with Crippen molar-refractivity contribution in [3.63, 3.8) is 0 Å². The van der Waals surface area contributed by atoms with Crippen molar-refractivity contribution in [1.29, 1.82) is 0 Å². The Hall–Kier alpha value is -10.9. The average molecular weight is 1380 g/mol. The van der Waals surface area contributed by atoms with Gasteiger partial charge in [-0.05, 0) is 330 Å². The molecule has 1 aliphatic heterocycles. The maximum Gasteiger partial charge on any atom is 0.168 e. The predicted octanol–water partition coefficient (Wildman–Crippen LogP) is 17.9. The van der Waals surface area contributed by atoms with Crippen molar-refractivity contribution in [2.24, 2.45) is 0 Å². The average Bonchev–Trinajstić information content (AvgIpc) is 0.807. The lowest BCUT2D eigenvalue weighted by Crippen LogP contribution is -2.32. The number of carbonyl (C=O) groups is 3. The van der Waals surface area contributed by atoms with E-state index in [1.807, 2.05) is 72.8 Å². The van der Waals surface area contributed by atoms with Gasteiger partial charge in [0.1, 0.15) is 68.8 Å². The van der Waals surface area contributed by atoms with Gasteiger partial charge < -0.3 is 65.6 Å². The SMILES string of the molecule is C/C(=C\Cc1cc(O)ccc1O)CCc1c(C)c(O)c(O)c(C=O)c1C.C/C(=C\Cc1cc(O)ccc1O)CCc1c(C)cc(O)c(C=O)c1C.COc1cc(C)c(CC/C(C)=C/Cc2cc(O)ccc2O)c(C)c1C.Cc1cc(O)c(C=O)c(C)c1CCC1(C)C=Cc2cc(O)ccc2O1. The van der Waals surface area contributed by atoms with Gasteiger partial charge in [0, 0.05) is 22.3 Å². The minimum absolute atomic E-state index is 0.0281. The van der Waals surface area contributed by atoms with E-state index in [-0.39, 0.29) is 68.8 Å². The van der Waals surface area contributed by atoms with Gasteiger partial charge in [0.15, 0.2) is 30.4 Å². The number of phenols is 11. The van der Waals surface area contributed by atoms with Gasteiger partial charge >= 0.3 is 0 Å². The summed E-state index contributed by atoms with van der Waals surface area (Å²) in [7, 11) is 1.71. The molecule has 0 amide bonds. The lowest BCUT2D eigenvalue weighted by Gasteiger charge is -2.32. The van der Waals surface area contributed by atoms with Crippen LogP contribution in [0.25, 0.3) is 6.08 Å². The molecule has 16 heteroatoms. The molecule has 9 rings (SSSR count). The van der Waals surface area contributed by atoms with Crippen LogP contribution in [0, 0.1) is 62.3 Å². The summed E-state index contributed by atoms with van der Waals surface area (Å²) in [4.78, 5) is 33.6. The molecule has 0 aliphatic carbocycles. The monoisotopic (exact) mass is 1370 g/mol. The number of hydrogen-bond donors (Lipinski definition) is 11. The first-order chi connectivity index (χ1) is 47.7. The molecule has 0 saturated heterocycles. The number of benzene rings is 8. The Labute approximate surface area is 593 Å². The van der Waals surface area contributed by atoms with Crippen LogP contribution in [0.15, 0.2) is 132 Å². The number of phenolic OH excluding ortho intramolecular Hbond substituents is 11. The topological polar surface area (TPSA) is 292 Å². The second kappa shape index (κ2) is 35.8. The molecular weight excluding hydrogens is 1280 g/mol. The third-order valence-electron chi connectivity index (χ3n) is 19.2. The minimum Gasteiger partial charge on any atom is -0.508 e. The Morgan fingerprint density at radius 3 is 1.22 bits per heavy atom. The van der Waals surface area contributed by atoms with E-state index in [1.54, 1.807) is 63.4 Å². The fraction of sp³-hybridized carbons (Fsp3) is 0.306. The number of carbonyl (C=O) groups excluding carboxylic acids is 3. The molecule has 1 atom stereocenters. The van der Waals surface area contributed by atoms with Crippen molar-refractivity contribution in [2.45, 2.75) is 166 Å².